The lowest BCUT2D eigenvalue weighted by atomic mass is 9.90. The average molecular weight is 303 g/mol. The summed E-state index contributed by atoms with van der Waals surface area (Å²) in [6, 6.07) is 5.70. The van der Waals surface area contributed by atoms with E-state index in [1.807, 2.05) is 18.8 Å². The minimum absolute atomic E-state index is 0.144. The maximum atomic E-state index is 12.6. The van der Waals surface area contributed by atoms with Crippen molar-refractivity contribution in [3.8, 4) is 0 Å². The van der Waals surface area contributed by atoms with Gasteiger partial charge in [0.15, 0.2) is 0 Å². The molecule has 1 saturated heterocycles. The molecule has 0 saturated carbocycles. The van der Waals surface area contributed by atoms with Crippen LogP contribution in [0.3, 0.4) is 0 Å². The van der Waals surface area contributed by atoms with Crippen molar-refractivity contribution in [1.82, 2.24) is 5.32 Å². The van der Waals surface area contributed by atoms with Crippen LogP contribution in [0.5, 0.6) is 0 Å². The van der Waals surface area contributed by atoms with E-state index in [4.69, 9.17) is 0 Å². The summed E-state index contributed by atoms with van der Waals surface area (Å²) in [4.78, 5) is 0. The van der Waals surface area contributed by atoms with Gasteiger partial charge in [-0.2, -0.15) is 24.9 Å². The standard InChI is InChI=1S/C15H20F3NS/c1-19-14(10-11-6-8-20-9-7-11)12-2-4-13(5-3-12)15(16,17)18/h2-5,11,14,19H,6-10H2,1H3. The van der Waals surface area contributed by atoms with Gasteiger partial charge in [0.25, 0.3) is 0 Å². The average Bonchev–Trinajstić information content (AvgIpc) is 2.45. The number of thioether (sulfide) groups is 1. The second kappa shape index (κ2) is 6.85. The fourth-order valence-corrected chi connectivity index (χ4v) is 3.84. The molecule has 2 rings (SSSR count). The Hall–Kier alpha value is -0.680. The summed E-state index contributed by atoms with van der Waals surface area (Å²) in [5.74, 6) is 3.08. The van der Waals surface area contributed by atoms with Crippen LogP contribution in [0, 0.1) is 5.92 Å². The van der Waals surface area contributed by atoms with Gasteiger partial charge in [0.05, 0.1) is 5.56 Å². The first kappa shape index (κ1) is 15.7. The molecule has 0 bridgehead atoms. The highest BCUT2D eigenvalue weighted by molar-refractivity contribution is 7.99. The van der Waals surface area contributed by atoms with Gasteiger partial charge in [-0.1, -0.05) is 12.1 Å². The van der Waals surface area contributed by atoms with Crippen LogP contribution >= 0.6 is 11.8 Å². The van der Waals surface area contributed by atoms with Gasteiger partial charge in [-0.25, -0.2) is 0 Å². The predicted octanol–water partition coefficient (Wildman–Crippen LogP) is 4.50. The molecule has 1 heterocycles. The van der Waals surface area contributed by atoms with Gasteiger partial charge in [-0.15, -0.1) is 0 Å². The van der Waals surface area contributed by atoms with Crippen LogP contribution in [-0.2, 0) is 6.18 Å². The number of hydrogen-bond acceptors (Lipinski definition) is 2. The van der Waals surface area contributed by atoms with E-state index >= 15 is 0 Å². The molecular weight excluding hydrogens is 283 g/mol. The van der Waals surface area contributed by atoms with E-state index in [9.17, 15) is 13.2 Å². The second-order valence-electron chi connectivity index (χ2n) is 5.25. The van der Waals surface area contributed by atoms with Crippen molar-refractivity contribution in [1.29, 1.82) is 0 Å². The van der Waals surface area contributed by atoms with Gasteiger partial charge in [0.1, 0.15) is 0 Å². The molecule has 1 aromatic carbocycles. The lowest BCUT2D eigenvalue weighted by Crippen LogP contribution is -2.22. The van der Waals surface area contributed by atoms with Gasteiger partial charge >= 0.3 is 6.18 Å². The van der Waals surface area contributed by atoms with Crippen molar-refractivity contribution < 1.29 is 13.2 Å². The number of alkyl halides is 3. The molecule has 20 heavy (non-hydrogen) atoms. The smallest absolute Gasteiger partial charge is 0.313 e. The quantitative estimate of drug-likeness (QED) is 0.879. The Kier molecular flexibility index (Phi) is 5.38. The maximum Gasteiger partial charge on any atom is 0.416 e. The summed E-state index contributed by atoms with van der Waals surface area (Å²) in [6.45, 7) is 0. The number of rotatable bonds is 4. The molecule has 1 aliphatic rings. The van der Waals surface area contributed by atoms with Crippen LogP contribution in [0.4, 0.5) is 13.2 Å². The van der Waals surface area contributed by atoms with Gasteiger partial charge in [0, 0.05) is 6.04 Å². The summed E-state index contributed by atoms with van der Waals surface area (Å²) >= 11 is 1.99. The highest BCUT2D eigenvalue weighted by Gasteiger charge is 2.30. The van der Waals surface area contributed by atoms with Gasteiger partial charge in [-0.3, -0.25) is 0 Å². The zero-order valence-electron chi connectivity index (χ0n) is 11.5. The monoisotopic (exact) mass is 303 g/mol. The summed E-state index contributed by atoms with van der Waals surface area (Å²) in [6.07, 6.45) is -0.830. The minimum Gasteiger partial charge on any atom is -0.313 e. The van der Waals surface area contributed by atoms with Crippen LogP contribution in [0.1, 0.15) is 36.4 Å². The Morgan fingerprint density at radius 3 is 2.30 bits per heavy atom. The SMILES string of the molecule is CNC(CC1CCSCC1)c1ccc(C(F)(F)F)cc1. The van der Waals surface area contributed by atoms with E-state index in [1.54, 1.807) is 12.1 Å². The molecule has 1 atom stereocenters. The summed E-state index contributed by atoms with van der Waals surface area (Å²) in [5.41, 5.74) is 0.365. The van der Waals surface area contributed by atoms with E-state index in [2.05, 4.69) is 5.32 Å². The van der Waals surface area contributed by atoms with Crippen molar-refractivity contribution >= 4 is 11.8 Å². The van der Waals surface area contributed by atoms with E-state index in [1.165, 1.54) is 36.5 Å². The molecule has 1 nitrogen and oxygen atoms in total. The van der Waals surface area contributed by atoms with E-state index in [-0.39, 0.29) is 6.04 Å². The van der Waals surface area contributed by atoms with E-state index in [0.29, 0.717) is 5.92 Å². The Balaban J connectivity index is 2.03. The molecule has 0 amide bonds. The minimum atomic E-state index is -4.26. The molecular formula is C15H20F3NS. The van der Waals surface area contributed by atoms with Gasteiger partial charge < -0.3 is 5.32 Å². The highest BCUT2D eigenvalue weighted by atomic mass is 32.2. The summed E-state index contributed by atoms with van der Waals surface area (Å²) in [5, 5.41) is 3.24. The largest absolute Gasteiger partial charge is 0.416 e. The first-order chi connectivity index (χ1) is 9.50. The van der Waals surface area contributed by atoms with Crippen LogP contribution in [-0.4, -0.2) is 18.6 Å². The molecule has 1 aromatic rings. The third kappa shape index (κ3) is 4.16. The predicted molar refractivity (Wildman–Crippen MR) is 77.9 cm³/mol. The number of nitrogens with one attached hydrogen (secondary N) is 1. The van der Waals surface area contributed by atoms with Crippen molar-refractivity contribution in [2.24, 2.45) is 5.92 Å². The van der Waals surface area contributed by atoms with Crippen LogP contribution in [0.25, 0.3) is 0 Å². The molecule has 0 radical (unpaired) electrons. The molecule has 1 unspecified atom stereocenters. The second-order valence-corrected chi connectivity index (χ2v) is 6.48. The van der Waals surface area contributed by atoms with Crippen molar-refractivity contribution in [2.45, 2.75) is 31.5 Å². The zero-order chi connectivity index (χ0) is 14.6. The maximum absolute atomic E-state index is 12.6. The molecule has 0 aromatic heterocycles. The normalized spacial score (nSPS) is 19.0. The molecule has 1 fully saturated rings. The van der Waals surface area contributed by atoms with E-state index in [0.717, 1.165) is 12.0 Å². The van der Waals surface area contributed by atoms with Gasteiger partial charge in [0.2, 0.25) is 0 Å². The Morgan fingerprint density at radius 2 is 1.80 bits per heavy atom. The molecule has 0 aliphatic carbocycles. The first-order valence-corrected chi connectivity index (χ1v) is 8.08. The van der Waals surface area contributed by atoms with Gasteiger partial charge in [-0.05, 0) is 61.4 Å². The lowest BCUT2D eigenvalue weighted by molar-refractivity contribution is -0.137. The topological polar surface area (TPSA) is 12.0 Å². The Labute approximate surface area is 122 Å². The Morgan fingerprint density at radius 1 is 1.20 bits per heavy atom. The van der Waals surface area contributed by atoms with Crippen molar-refractivity contribution in [3.63, 3.8) is 0 Å². The molecule has 1 aliphatic heterocycles. The summed E-state index contributed by atoms with van der Waals surface area (Å²) in [7, 11) is 1.87. The third-order valence-corrected chi connectivity index (χ3v) is 4.95. The molecule has 0 spiro atoms. The fraction of sp³-hybridized carbons (Fsp3) is 0.600. The number of halogens is 3. The van der Waals surface area contributed by atoms with Crippen LogP contribution < -0.4 is 5.32 Å². The first-order valence-electron chi connectivity index (χ1n) is 6.93. The van der Waals surface area contributed by atoms with Crippen LogP contribution in [0.2, 0.25) is 0 Å². The summed E-state index contributed by atoms with van der Waals surface area (Å²) < 4.78 is 37.7. The highest BCUT2D eigenvalue weighted by Crippen LogP contribution is 2.33. The fourth-order valence-electron chi connectivity index (χ4n) is 2.64. The number of benzene rings is 1. The molecule has 112 valence electrons. The number of hydrogen-bond donors (Lipinski definition) is 1. The zero-order valence-corrected chi connectivity index (χ0v) is 12.4. The van der Waals surface area contributed by atoms with E-state index < -0.39 is 11.7 Å². The molecule has 1 N–H and O–H groups in total. The molecule has 5 heteroatoms. The van der Waals surface area contributed by atoms with Crippen molar-refractivity contribution in [2.75, 3.05) is 18.6 Å². The lowest BCUT2D eigenvalue weighted by Gasteiger charge is -2.26. The van der Waals surface area contributed by atoms with Crippen molar-refractivity contribution in [3.05, 3.63) is 35.4 Å². The van der Waals surface area contributed by atoms with Crippen LogP contribution in [0.15, 0.2) is 24.3 Å². The Bertz CT molecular complexity index is 410. The third-order valence-electron chi connectivity index (χ3n) is 3.90.